The fourth-order valence-corrected chi connectivity index (χ4v) is 3.17. The van der Waals surface area contributed by atoms with Crippen molar-refractivity contribution in [2.24, 2.45) is 0 Å². The number of hydrogen-bond acceptors (Lipinski definition) is 3. The van der Waals surface area contributed by atoms with E-state index in [-0.39, 0.29) is 20.9 Å². The van der Waals surface area contributed by atoms with E-state index >= 15 is 0 Å². The summed E-state index contributed by atoms with van der Waals surface area (Å²) in [6.45, 7) is 6.32. The molecule has 0 spiro atoms. The highest BCUT2D eigenvalue weighted by Gasteiger charge is 2.18. The molecule has 25 heavy (non-hydrogen) atoms. The number of carbonyl (C=O) groups excluding carboxylic acids is 1. The van der Waals surface area contributed by atoms with Crippen LogP contribution in [0.25, 0.3) is 0 Å². The lowest BCUT2D eigenvalue weighted by Gasteiger charge is -2.19. The highest BCUT2D eigenvalue weighted by molar-refractivity contribution is 7.89. The van der Waals surface area contributed by atoms with Gasteiger partial charge in [0.25, 0.3) is 5.91 Å². The van der Waals surface area contributed by atoms with Crippen LogP contribution in [0, 0.1) is 0 Å². The second kappa shape index (κ2) is 7.15. The summed E-state index contributed by atoms with van der Waals surface area (Å²) < 4.78 is 26.0. The Kier molecular flexibility index (Phi) is 5.56. The molecular formula is C18H21ClN2O3S. The predicted octanol–water partition coefficient (Wildman–Crippen LogP) is 3.80. The summed E-state index contributed by atoms with van der Waals surface area (Å²) in [5, 5.41) is 2.92. The van der Waals surface area contributed by atoms with Gasteiger partial charge in [-0.25, -0.2) is 13.1 Å². The van der Waals surface area contributed by atoms with Crippen molar-refractivity contribution in [2.75, 3.05) is 12.4 Å². The maximum Gasteiger partial charge on any atom is 0.257 e. The third-order valence-electron chi connectivity index (χ3n) is 3.77. The molecule has 0 unspecified atom stereocenters. The zero-order chi connectivity index (χ0) is 18.8. The lowest BCUT2D eigenvalue weighted by Crippen LogP contribution is -2.20. The minimum Gasteiger partial charge on any atom is -0.322 e. The summed E-state index contributed by atoms with van der Waals surface area (Å²) in [5.41, 5.74) is 1.86. The van der Waals surface area contributed by atoms with Gasteiger partial charge in [-0.15, -0.1) is 0 Å². The standard InChI is InChI=1S/C18H21ClN2O3S/c1-18(2,3)12-5-7-13(8-6-12)21-17(22)15-11-14(9-10-16(15)19)25(23,24)20-4/h5-11,20H,1-4H3,(H,21,22). The van der Waals surface area contributed by atoms with Gasteiger partial charge in [0, 0.05) is 5.69 Å². The molecule has 2 aromatic carbocycles. The van der Waals surface area contributed by atoms with E-state index in [9.17, 15) is 13.2 Å². The van der Waals surface area contributed by atoms with Crippen molar-refractivity contribution >= 4 is 33.2 Å². The molecule has 2 rings (SSSR count). The van der Waals surface area contributed by atoms with E-state index in [1.165, 1.54) is 25.2 Å². The number of halogens is 1. The number of hydrogen-bond donors (Lipinski definition) is 2. The van der Waals surface area contributed by atoms with Crippen LogP contribution in [-0.2, 0) is 15.4 Å². The van der Waals surface area contributed by atoms with Crippen molar-refractivity contribution in [3.05, 3.63) is 58.6 Å². The van der Waals surface area contributed by atoms with Crippen LogP contribution >= 0.6 is 11.6 Å². The number of rotatable bonds is 4. The van der Waals surface area contributed by atoms with Crippen LogP contribution in [-0.4, -0.2) is 21.4 Å². The molecule has 0 fully saturated rings. The van der Waals surface area contributed by atoms with E-state index < -0.39 is 15.9 Å². The normalized spacial score (nSPS) is 12.0. The fraction of sp³-hybridized carbons (Fsp3) is 0.278. The zero-order valence-electron chi connectivity index (χ0n) is 14.6. The Bertz CT molecular complexity index is 886. The Hall–Kier alpha value is -1.89. The Morgan fingerprint density at radius 1 is 1.04 bits per heavy atom. The molecule has 0 radical (unpaired) electrons. The minimum absolute atomic E-state index is 0.0156. The average molecular weight is 381 g/mol. The van der Waals surface area contributed by atoms with Crippen molar-refractivity contribution in [3.8, 4) is 0 Å². The number of amides is 1. The number of sulfonamides is 1. The number of benzene rings is 2. The van der Waals surface area contributed by atoms with E-state index in [1.54, 1.807) is 12.1 Å². The first-order chi connectivity index (χ1) is 11.5. The quantitative estimate of drug-likeness (QED) is 0.847. The van der Waals surface area contributed by atoms with Gasteiger partial charge in [0.15, 0.2) is 0 Å². The minimum atomic E-state index is -3.65. The first-order valence-electron chi connectivity index (χ1n) is 7.69. The molecule has 2 aromatic rings. The Morgan fingerprint density at radius 2 is 1.64 bits per heavy atom. The molecule has 0 heterocycles. The summed E-state index contributed by atoms with van der Waals surface area (Å²) in [5.74, 6) is -0.471. The second-order valence-electron chi connectivity index (χ2n) is 6.63. The Morgan fingerprint density at radius 3 is 2.16 bits per heavy atom. The van der Waals surface area contributed by atoms with Gasteiger partial charge in [-0.3, -0.25) is 4.79 Å². The number of carbonyl (C=O) groups is 1. The third-order valence-corrected chi connectivity index (χ3v) is 5.51. The SMILES string of the molecule is CNS(=O)(=O)c1ccc(Cl)c(C(=O)Nc2ccc(C(C)(C)C)cc2)c1. The van der Waals surface area contributed by atoms with E-state index in [0.29, 0.717) is 5.69 Å². The van der Waals surface area contributed by atoms with Crippen molar-refractivity contribution in [1.29, 1.82) is 0 Å². The van der Waals surface area contributed by atoms with Crippen LogP contribution in [0.4, 0.5) is 5.69 Å². The molecule has 0 saturated carbocycles. The summed E-state index contributed by atoms with van der Waals surface area (Å²) in [6, 6.07) is 11.5. The molecule has 7 heteroatoms. The second-order valence-corrected chi connectivity index (χ2v) is 8.92. The fourth-order valence-electron chi connectivity index (χ4n) is 2.22. The highest BCUT2D eigenvalue weighted by Crippen LogP contribution is 2.25. The number of nitrogens with one attached hydrogen (secondary N) is 2. The smallest absolute Gasteiger partial charge is 0.257 e. The molecule has 0 aliphatic rings. The maximum atomic E-state index is 12.5. The van der Waals surface area contributed by atoms with Crippen LogP contribution < -0.4 is 10.0 Å². The van der Waals surface area contributed by atoms with Crippen molar-refractivity contribution in [1.82, 2.24) is 4.72 Å². The molecule has 0 saturated heterocycles. The summed E-state index contributed by atoms with van der Waals surface area (Å²) >= 11 is 6.06. The van der Waals surface area contributed by atoms with Crippen LogP contribution in [0.2, 0.25) is 5.02 Å². The van der Waals surface area contributed by atoms with Gasteiger partial charge >= 0.3 is 0 Å². The van der Waals surface area contributed by atoms with E-state index in [4.69, 9.17) is 11.6 Å². The summed E-state index contributed by atoms with van der Waals surface area (Å²) in [6.07, 6.45) is 0. The van der Waals surface area contributed by atoms with Gasteiger partial charge in [-0.1, -0.05) is 44.5 Å². The summed E-state index contributed by atoms with van der Waals surface area (Å²) in [7, 11) is -2.35. The summed E-state index contributed by atoms with van der Waals surface area (Å²) in [4.78, 5) is 12.5. The van der Waals surface area contributed by atoms with Crippen LogP contribution in [0.3, 0.4) is 0 Å². The van der Waals surface area contributed by atoms with Gasteiger partial charge < -0.3 is 5.32 Å². The molecule has 0 aliphatic carbocycles. The topological polar surface area (TPSA) is 75.3 Å². The van der Waals surface area contributed by atoms with E-state index in [0.717, 1.165) is 5.56 Å². The first-order valence-corrected chi connectivity index (χ1v) is 9.56. The van der Waals surface area contributed by atoms with Gasteiger partial charge in [-0.05, 0) is 48.4 Å². The molecule has 0 aliphatic heterocycles. The molecule has 134 valence electrons. The van der Waals surface area contributed by atoms with Crippen LogP contribution in [0.1, 0.15) is 36.7 Å². The molecule has 5 nitrogen and oxygen atoms in total. The van der Waals surface area contributed by atoms with Gasteiger partial charge in [-0.2, -0.15) is 0 Å². The molecule has 0 atom stereocenters. The zero-order valence-corrected chi connectivity index (χ0v) is 16.1. The van der Waals surface area contributed by atoms with Gasteiger partial charge in [0.1, 0.15) is 0 Å². The maximum absolute atomic E-state index is 12.5. The van der Waals surface area contributed by atoms with Crippen LogP contribution in [0.5, 0.6) is 0 Å². The average Bonchev–Trinajstić information content (AvgIpc) is 2.54. The highest BCUT2D eigenvalue weighted by atomic mass is 35.5. The van der Waals surface area contributed by atoms with Crippen molar-refractivity contribution < 1.29 is 13.2 Å². The first kappa shape index (κ1) is 19.4. The van der Waals surface area contributed by atoms with E-state index in [1.807, 2.05) is 12.1 Å². The molecule has 0 bridgehead atoms. The van der Waals surface area contributed by atoms with Crippen LogP contribution in [0.15, 0.2) is 47.4 Å². The molecule has 1 amide bonds. The van der Waals surface area contributed by atoms with E-state index in [2.05, 4.69) is 30.8 Å². The largest absolute Gasteiger partial charge is 0.322 e. The molecule has 2 N–H and O–H groups in total. The molecule has 0 aromatic heterocycles. The lowest BCUT2D eigenvalue weighted by molar-refractivity contribution is 0.102. The Balaban J connectivity index is 2.28. The van der Waals surface area contributed by atoms with Crippen molar-refractivity contribution in [3.63, 3.8) is 0 Å². The third kappa shape index (κ3) is 4.60. The Labute approximate surface area is 153 Å². The molecular weight excluding hydrogens is 360 g/mol. The van der Waals surface area contributed by atoms with Gasteiger partial charge in [0.2, 0.25) is 10.0 Å². The predicted molar refractivity (Wildman–Crippen MR) is 101 cm³/mol. The lowest BCUT2D eigenvalue weighted by atomic mass is 9.87. The van der Waals surface area contributed by atoms with Gasteiger partial charge in [0.05, 0.1) is 15.5 Å². The monoisotopic (exact) mass is 380 g/mol. The number of anilines is 1. The van der Waals surface area contributed by atoms with Crippen molar-refractivity contribution in [2.45, 2.75) is 31.1 Å².